The zero-order valence-corrected chi connectivity index (χ0v) is 26.8. The van der Waals surface area contributed by atoms with Gasteiger partial charge >= 0.3 is 12.7 Å². The van der Waals surface area contributed by atoms with Gasteiger partial charge in [-0.3, -0.25) is 10.1 Å². The van der Waals surface area contributed by atoms with E-state index in [1.807, 2.05) is 0 Å². The highest BCUT2D eigenvalue weighted by Gasteiger charge is 2.44. The number of nitrogens with one attached hydrogen (secondary N) is 1. The number of rotatable bonds is 11. The van der Waals surface area contributed by atoms with Crippen LogP contribution < -0.4 is 14.8 Å². The number of carbonyl (C=O) groups is 2. The van der Waals surface area contributed by atoms with Crippen LogP contribution in [0.5, 0.6) is 11.5 Å². The monoisotopic (exact) mass is 679 g/mol. The van der Waals surface area contributed by atoms with Crippen LogP contribution in [0.3, 0.4) is 0 Å². The predicted octanol–water partition coefficient (Wildman–Crippen LogP) is 7.82. The molecule has 246 valence electrons. The second-order valence-corrected chi connectivity index (χ2v) is 12.3. The van der Waals surface area contributed by atoms with Crippen LogP contribution in [0.15, 0.2) is 54.6 Å². The summed E-state index contributed by atoms with van der Waals surface area (Å²) in [5.74, 6) is -1.03. The molecule has 3 aromatic carbocycles. The number of amides is 2. The molecule has 2 aliphatic rings. The molecular formula is C33H34Cl2F3N3O5. The average molecular weight is 681 g/mol. The van der Waals surface area contributed by atoms with Crippen LogP contribution in [0.4, 0.5) is 23.7 Å². The van der Waals surface area contributed by atoms with Crippen LogP contribution >= 0.6 is 23.2 Å². The summed E-state index contributed by atoms with van der Waals surface area (Å²) in [7, 11) is 3.03. The molecule has 1 saturated heterocycles. The zero-order chi connectivity index (χ0) is 33.0. The number of carbonyl (C=O) groups excluding carboxylic acids is 2. The number of fused-ring (bicyclic) bond motifs is 2. The van der Waals surface area contributed by atoms with E-state index >= 15 is 0 Å². The Balaban J connectivity index is 1.25. The third-order valence-corrected chi connectivity index (χ3v) is 9.25. The minimum atomic E-state index is -3.00. The van der Waals surface area contributed by atoms with Crippen molar-refractivity contribution >= 4 is 40.9 Å². The molecule has 3 aromatic rings. The van der Waals surface area contributed by atoms with Gasteiger partial charge in [-0.15, -0.1) is 0 Å². The molecule has 1 N–H and O–H groups in total. The highest BCUT2D eigenvalue weighted by Crippen LogP contribution is 2.44. The van der Waals surface area contributed by atoms with Gasteiger partial charge < -0.3 is 24.0 Å². The molecule has 0 bridgehead atoms. The largest absolute Gasteiger partial charge is 0.493 e. The number of likely N-dealkylation sites (N-methyl/N-ethyl adjacent to an activating group) is 1. The van der Waals surface area contributed by atoms with Gasteiger partial charge in [0.15, 0.2) is 11.5 Å². The molecule has 1 fully saturated rings. The van der Waals surface area contributed by atoms with Crippen LogP contribution in [0.1, 0.15) is 48.3 Å². The number of benzene rings is 3. The van der Waals surface area contributed by atoms with Crippen molar-refractivity contribution in [2.24, 2.45) is 0 Å². The molecule has 0 saturated carbocycles. The fraction of sp³-hybridized carbons (Fsp3) is 0.394. The number of nitrogens with zero attached hydrogens (tertiary/aromatic N) is 2. The minimum Gasteiger partial charge on any atom is -0.493 e. The fourth-order valence-electron chi connectivity index (χ4n) is 6.18. The number of hydrogen-bond acceptors (Lipinski definition) is 6. The van der Waals surface area contributed by atoms with Gasteiger partial charge in [-0.25, -0.2) is 9.18 Å². The summed E-state index contributed by atoms with van der Waals surface area (Å²) >= 11 is 12.5. The summed E-state index contributed by atoms with van der Waals surface area (Å²) in [4.78, 5) is 30.0. The lowest BCUT2D eigenvalue weighted by Gasteiger charge is -2.44. The van der Waals surface area contributed by atoms with Crippen LogP contribution in [0, 0.1) is 5.82 Å². The van der Waals surface area contributed by atoms with Gasteiger partial charge in [0, 0.05) is 45.1 Å². The maximum Gasteiger partial charge on any atom is 0.412 e. The predicted molar refractivity (Wildman–Crippen MR) is 168 cm³/mol. The van der Waals surface area contributed by atoms with Gasteiger partial charge in [0.05, 0.1) is 28.8 Å². The molecule has 2 aliphatic heterocycles. The Bertz CT molecular complexity index is 1590. The number of hydrogen-bond donors (Lipinski definition) is 1. The molecule has 1 atom stereocenters. The van der Waals surface area contributed by atoms with E-state index in [2.05, 4.69) is 15.0 Å². The zero-order valence-electron chi connectivity index (χ0n) is 25.3. The number of piperidine rings is 1. The van der Waals surface area contributed by atoms with Crippen molar-refractivity contribution in [3.05, 3.63) is 87.2 Å². The van der Waals surface area contributed by atoms with Crippen LogP contribution in [-0.4, -0.2) is 62.2 Å². The smallest absolute Gasteiger partial charge is 0.412 e. The fourth-order valence-corrected chi connectivity index (χ4v) is 6.49. The van der Waals surface area contributed by atoms with Crippen LogP contribution in [0.2, 0.25) is 10.0 Å². The van der Waals surface area contributed by atoms with Crippen molar-refractivity contribution < 1.29 is 37.0 Å². The first kappa shape index (κ1) is 33.7. The number of methoxy groups -OCH3 is 1. The quantitative estimate of drug-likeness (QED) is 0.223. The first-order valence-electron chi connectivity index (χ1n) is 14.8. The number of halogens is 5. The van der Waals surface area contributed by atoms with Crippen molar-refractivity contribution in [2.75, 3.05) is 39.1 Å². The van der Waals surface area contributed by atoms with Crippen molar-refractivity contribution in [3.8, 4) is 11.5 Å². The third kappa shape index (κ3) is 7.65. The third-order valence-electron chi connectivity index (χ3n) is 8.51. The molecule has 5 rings (SSSR count). The van der Waals surface area contributed by atoms with E-state index in [0.717, 1.165) is 5.56 Å². The maximum absolute atomic E-state index is 14.1. The van der Waals surface area contributed by atoms with E-state index in [4.69, 9.17) is 32.7 Å². The molecule has 0 radical (unpaired) electrons. The van der Waals surface area contributed by atoms with Crippen LogP contribution in [-0.2, 0) is 21.7 Å². The van der Waals surface area contributed by atoms with Gasteiger partial charge in [-0.2, -0.15) is 8.78 Å². The topological polar surface area (TPSA) is 80.3 Å². The summed E-state index contributed by atoms with van der Waals surface area (Å²) in [6, 6.07) is 14.0. The number of likely N-dealkylation sites (tertiary alicyclic amines) is 1. The lowest BCUT2D eigenvalue weighted by Crippen LogP contribution is -2.48. The first-order valence-corrected chi connectivity index (χ1v) is 15.6. The van der Waals surface area contributed by atoms with Gasteiger partial charge in [-0.1, -0.05) is 35.3 Å². The Kier molecular flexibility index (Phi) is 10.5. The van der Waals surface area contributed by atoms with Gasteiger partial charge in [0.1, 0.15) is 11.4 Å². The van der Waals surface area contributed by atoms with E-state index < -0.39 is 24.2 Å². The van der Waals surface area contributed by atoms with Gasteiger partial charge in [0.25, 0.3) is 0 Å². The molecule has 2 amide bonds. The summed E-state index contributed by atoms with van der Waals surface area (Å²) in [6.07, 6.45) is 1.67. The van der Waals surface area contributed by atoms with E-state index in [-0.39, 0.29) is 29.8 Å². The maximum atomic E-state index is 14.1. The van der Waals surface area contributed by atoms with E-state index in [0.29, 0.717) is 72.2 Å². The molecule has 1 unspecified atom stereocenters. The van der Waals surface area contributed by atoms with E-state index in [1.54, 1.807) is 48.3 Å². The molecule has 2 heterocycles. The second-order valence-electron chi connectivity index (χ2n) is 11.5. The molecule has 0 aromatic heterocycles. The summed E-state index contributed by atoms with van der Waals surface area (Å²) in [6.45, 7) is -0.851. The Hall–Kier alpha value is -3.67. The summed E-state index contributed by atoms with van der Waals surface area (Å²) in [5, 5.41) is 3.38. The molecule has 0 aliphatic carbocycles. The minimum absolute atomic E-state index is 0.0952. The first-order chi connectivity index (χ1) is 22.0. The summed E-state index contributed by atoms with van der Waals surface area (Å²) in [5.41, 5.74) is 1.72. The van der Waals surface area contributed by atoms with Crippen molar-refractivity contribution in [2.45, 2.75) is 50.4 Å². The SMILES string of the molecule is COc1cc(CN(C)C(=O)C(CCCN2CCC3(CC2)OC(=O)Nc2ccc(F)cc23)c2ccc(Cl)c(Cl)c2)ccc1OC(F)F. The molecule has 13 heteroatoms. The average Bonchev–Trinajstić information content (AvgIpc) is 3.02. The standard InChI is InChI=1S/C33H34Cl2F3N3O5/c1-40(19-20-5-10-28(45-31(37)38)29(16-20)44-2)30(42)23(21-6-8-25(34)26(35)17-21)4-3-13-41-14-11-33(12-15-41)24-18-22(36)7-9-27(24)39-32(43)46-33/h5-10,16-18,23,31H,3-4,11-15,19H2,1-2H3,(H,39,43). The summed E-state index contributed by atoms with van der Waals surface area (Å²) < 4.78 is 55.1. The Morgan fingerprint density at radius 3 is 2.52 bits per heavy atom. The van der Waals surface area contributed by atoms with Crippen molar-refractivity contribution in [1.29, 1.82) is 0 Å². The normalized spacial score (nSPS) is 16.4. The highest BCUT2D eigenvalue weighted by molar-refractivity contribution is 6.42. The Morgan fingerprint density at radius 2 is 1.83 bits per heavy atom. The van der Waals surface area contributed by atoms with Crippen LogP contribution in [0.25, 0.3) is 0 Å². The van der Waals surface area contributed by atoms with Gasteiger partial charge in [0.2, 0.25) is 5.91 Å². The van der Waals surface area contributed by atoms with Crippen molar-refractivity contribution in [1.82, 2.24) is 9.80 Å². The second kappa shape index (κ2) is 14.4. The van der Waals surface area contributed by atoms with E-state index in [1.165, 1.54) is 25.3 Å². The Morgan fingerprint density at radius 1 is 1.07 bits per heavy atom. The van der Waals surface area contributed by atoms with E-state index in [9.17, 15) is 22.8 Å². The Labute approximate surface area is 275 Å². The van der Waals surface area contributed by atoms with Gasteiger partial charge in [-0.05, 0) is 73.0 Å². The number of alkyl halides is 2. The molecule has 8 nitrogen and oxygen atoms in total. The highest BCUT2D eigenvalue weighted by atomic mass is 35.5. The molecule has 1 spiro atoms. The lowest BCUT2D eigenvalue weighted by atomic mass is 9.82. The molecule has 46 heavy (non-hydrogen) atoms. The lowest BCUT2D eigenvalue weighted by molar-refractivity contribution is -0.132. The van der Waals surface area contributed by atoms with Crippen molar-refractivity contribution in [3.63, 3.8) is 0 Å². The molecular weight excluding hydrogens is 646 g/mol. The number of anilines is 1. The number of ether oxygens (including phenoxy) is 3.